The Kier molecular flexibility index (Phi) is 2.18. The van der Waals surface area contributed by atoms with Crippen LogP contribution in [0, 0.1) is 0 Å². The maximum atomic E-state index is 5.81. The summed E-state index contributed by atoms with van der Waals surface area (Å²) in [7, 11) is 2.08. The van der Waals surface area contributed by atoms with Gasteiger partial charge in [-0.15, -0.1) is 0 Å². The number of nitrogens with zero attached hydrogens (tertiary/aromatic N) is 2. The minimum Gasteiger partial charge on any atom is -0.370 e. The standard InChI is InChI=1S/C9H17N3S/c1-7-9(4-3-5-13-7)6-11-8(10)12(9)2/h7H,3-6H2,1-2H3,(H2,10,11). The van der Waals surface area contributed by atoms with E-state index in [1.54, 1.807) is 0 Å². The normalized spacial score (nSPS) is 39.7. The Labute approximate surface area is 83.8 Å². The summed E-state index contributed by atoms with van der Waals surface area (Å²) < 4.78 is 0. The summed E-state index contributed by atoms with van der Waals surface area (Å²) in [6, 6.07) is 0. The molecule has 2 N–H and O–H groups in total. The molecule has 13 heavy (non-hydrogen) atoms. The van der Waals surface area contributed by atoms with Crippen LogP contribution >= 0.6 is 11.8 Å². The third kappa shape index (κ3) is 1.23. The van der Waals surface area contributed by atoms with E-state index < -0.39 is 0 Å². The molecular formula is C9H17N3S. The lowest BCUT2D eigenvalue weighted by Gasteiger charge is -2.44. The van der Waals surface area contributed by atoms with Crippen LogP contribution in [0.4, 0.5) is 0 Å². The molecule has 74 valence electrons. The van der Waals surface area contributed by atoms with E-state index in [0.717, 1.165) is 6.54 Å². The van der Waals surface area contributed by atoms with E-state index in [1.807, 2.05) is 11.8 Å². The van der Waals surface area contributed by atoms with Gasteiger partial charge in [0.15, 0.2) is 5.96 Å². The van der Waals surface area contributed by atoms with Gasteiger partial charge in [0.05, 0.1) is 12.1 Å². The molecule has 0 saturated carbocycles. The lowest BCUT2D eigenvalue weighted by molar-refractivity contribution is 0.211. The highest BCUT2D eigenvalue weighted by molar-refractivity contribution is 8.00. The first-order valence-corrected chi connectivity index (χ1v) is 5.87. The fourth-order valence-corrected chi connectivity index (χ4v) is 3.63. The number of aliphatic imine (C=N–C) groups is 1. The predicted octanol–water partition coefficient (Wildman–Crippen LogP) is 0.901. The topological polar surface area (TPSA) is 41.6 Å². The maximum Gasteiger partial charge on any atom is 0.191 e. The molecule has 0 aliphatic carbocycles. The molecular weight excluding hydrogens is 182 g/mol. The number of hydrogen-bond donors (Lipinski definition) is 1. The van der Waals surface area contributed by atoms with Crippen molar-refractivity contribution >= 4 is 17.7 Å². The quantitative estimate of drug-likeness (QED) is 0.630. The van der Waals surface area contributed by atoms with Crippen molar-refractivity contribution < 1.29 is 0 Å². The van der Waals surface area contributed by atoms with Gasteiger partial charge in [0.25, 0.3) is 0 Å². The van der Waals surface area contributed by atoms with Gasteiger partial charge < -0.3 is 10.6 Å². The van der Waals surface area contributed by atoms with Crippen LogP contribution in [-0.4, -0.2) is 41.0 Å². The number of rotatable bonds is 0. The highest BCUT2D eigenvalue weighted by atomic mass is 32.2. The molecule has 2 rings (SSSR count). The van der Waals surface area contributed by atoms with E-state index in [2.05, 4.69) is 23.9 Å². The van der Waals surface area contributed by atoms with E-state index >= 15 is 0 Å². The summed E-state index contributed by atoms with van der Waals surface area (Å²) in [4.78, 5) is 6.54. The zero-order valence-corrected chi connectivity index (χ0v) is 9.10. The van der Waals surface area contributed by atoms with Gasteiger partial charge >= 0.3 is 0 Å². The molecule has 1 fully saturated rings. The highest BCUT2D eigenvalue weighted by Crippen LogP contribution is 2.40. The molecule has 0 aromatic heterocycles. The largest absolute Gasteiger partial charge is 0.370 e. The van der Waals surface area contributed by atoms with E-state index in [4.69, 9.17) is 5.73 Å². The summed E-state index contributed by atoms with van der Waals surface area (Å²) >= 11 is 2.05. The van der Waals surface area contributed by atoms with Gasteiger partial charge in [-0.2, -0.15) is 11.8 Å². The smallest absolute Gasteiger partial charge is 0.191 e. The molecule has 4 heteroatoms. The Bertz CT molecular complexity index is 241. The third-order valence-corrected chi connectivity index (χ3v) is 4.87. The number of nitrogens with two attached hydrogens (primary N) is 1. The first-order chi connectivity index (χ1) is 6.17. The van der Waals surface area contributed by atoms with Gasteiger partial charge in [0, 0.05) is 12.3 Å². The molecule has 0 aromatic carbocycles. The minimum absolute atomic E-state index is 0.229. The Balaban J connectivity index is 2.20. The van der Waals surface area contributed by atoms with Gasteiger partial charge in [-0.3, -0.25) is 4.99 Å². The monoisotopic (exact) mass is 199 g/mol. The summed E-state index contributed by atoms with van der Waals surface area (Å²) in [5.41, 5.74) is 6.04. The minimum atomic E-state index is 0.229. The van der Waals surface area contributed by atoms with Crippen LogP contribution in [-0.2, 0) is 0 Å². The summed E-state index contributed by atoms with van der Waals surface area (Å²) in [5.74, 6) is 2.01. The van der Waals surface area contributed by atoms with Crippen LogP contribution < -0.4 is 5.73 Å². The molecule has 0 amide bonds. The predicted molar refractivity (Wildman–Crippen MR) is 58.1 cm³/mol. The average molecular weight is 199 g/mol. The van der Waals surface area contributed by atoms with Crippen molar-refractivity contribution in [1.82, 2.24) is 4.90 Å². The van der Waals surface area contributed by atoms with E-state index in [-0.39, 0.29) is 5.54 Å². The number of likely N-dealkylation sites (N-methyl/N-ethyl adjacent to an activating group) is 1. The van der Waals surface area contributed by atoms with E-state index in [1.165, 1.54) is 18.6 Å². The molecule has 2 unspecified atom stereocenters. The molecule has 3 nitrogen and oxygen atoms in total. The fourth-order valence-electron chi connectivity index (χ4n) is 2.30. The van der Waals surface area contributed by atoms with E-state index in [0.29, 0.717) is 11.2 Å². The summed E-state index contributed by atoms with van der Waals surface area (Å²) in [6.45, 7) is 3.19. The van der Waals surface area contributed by atoms with Crippen LogP contribution in [0.3, 0.4) is 0 Å². The SMILES string of the molecule is CC1SCCCC12CN=C(N)N2C. The Morgan fingerprint density at radius 2 is 2.46 bits per heavy atom. The van der Waals surface area contributed by atoms with Gasteiger partial charge in [0.2, 0.25) is 0 Å². The first kappa shape index (κ1) is 9.19. The van der Waals surface area contributed by atoms with Crippen LogP contribution in [0.1, 0.15) is 19.8 Å². The van der Waals surface area contributed by atoms with Crippen LogP contribution in [0.2, 0.25) is 0 Å². The molecule has 2 aliphatic rings. The second-order valence-corrected chi connectivity index (χ2v) is 5.40. The zero-order chi connectivity index (χ0) is 9.47. The molecule has 2 aliphatic heterocycles. The molecule has 1 spiro atoms. The van der Waals surface area contributed by atoms with Crippen molar-refractivity contribution in [2.24, 2.45) is 10.7 Å². The maximum absolute atomic E-state index is 5.81. The van der Waals surface area contributed by atoms with E-state index in [9.17, 15) is 0 Å². The zero-order valence-electron chi connectivity index (χ0n) is 8.29. The van der Waals surface area contributed by atoms with Crippen molar-refractivity contribution in [1.29, 1.82) is 0 Å². The third-order valence-electron chi connectivity index (χ3n) is 3.41. The fraction of sp³-hybridized carbons (Fsp3) is 0.889. The van der Waals surface area contributed by atoms with Gasteiger partial charge in [0.1, 0.15) is 0 Å². The van der Waals surface area contributed by atoms with Gasteiger partial charge in [-0.25, -0.2) is 0 Å². The second kappa shape index (κ2) is 3.08. The number of thioether (sulfide) groups is 1. The molecule has 1 saturated heterocycles. The van der Waals surface area contributed by atoms with Crippen LogP contribution in [0.15, 0.2) is 4.99 Å². The van der Waals surface area contributed by atoms with Crippen molar-refractivity contribution in [2.45, 2.75) is 30.6 Å². The first-order valence-electron chi connectivity index (χ1n) is 4.82. The van der Waals surface area contributed by atoms with Crippen molar-refractivity contribution in [2.75, 3.05) is 19.3 Å². The van der Waals surface area contributed by atoms with Crippen molar-refractivity contribution in [3.05, 3.63) is 0 Å². The molecule has 0 radical (unpaired) electrons. The average Bonchev–Trinajstić information content (AvgIpc) is 2.40. The molecule has 0 aromatic rings. The lowest BCUT2D eigenvalue weighted by atomic mass is 9.89. The van der Waals surface area contributed by atoms with Crippen molar-refractivity contribution in [3.8, 4) is 0 Å². The lowest BCUT2D eigenvalue weighted by Crippen LogP contribution is -2.56. The number of guanidine groups is 1. The highest BCUT2D eigenvalue weighted by Gasteiger charge is 2.46. The molecule has 2 heterocycles. The summed E-state index contributed by atoms with van der Waals surface area (Å²) in [5, 5.41) is 0.649. The van der Waals surface area contributed by atoms with Gasteiger partial charge in [-0.05, 0) is 18.6 Å². The second-order valence-electron chi connectivity index (χ2n) is 3.95. The Morgan fingerprint density at radius 1 is 1.69 bits per heavy atom. The Morgan fingerprint density at radius 3 is 3.00 bits per heavy atom. The van der Waals surface area contributed by atoms with Crippen LogP contribution in [0.25, 0.3) is 0 Å². The molecule has 0 bridgehead atoms. The van der Waals surface area contributed by atoms with Crippen LogP contribution in [0.5, 0.6) is 0 Å². The van der Waals surface area contributed by atoms with Gasteiger partial charge in [-0.1, -0.05) is 6.92 Å². The Hall–Kier alpha value is -0.380. The van der Waals surface area contributed by atoms with Crippen molar-refractivity contribution in [3.63, 3.8) is 0 Å². The summed E-state index contributed by atoms with van der Waals surface area (Å²) in [6.07, 6.45) is 2.53. The number of hydrogen-bond acceptors (Lipinski definition) is 4. The molecule has 2 atom stereocenters.